The predicted octanol–water partition coefficient (Wildman–Crippen LogP) is 2.66. The van der Waals surface area contributed by atoms with Gasteiger partial charge >= 0.3 is 0 Å². The molecule has 0 aromatic heterocycles. The first-order chi connectivity index (χ1) is 7.65. The van der Waals surface area contributed by atoms with Gasteiger partial charge in [0.2, 0.25) is 0 Å². The fourth-order valence-corrected chi connectivity index (χ4v) is 1.20. The van der Waals surface area contributed by atoms with Crippen LogP contribution in [0.25, 0.3) is 0 Å². The Morgan fingerprint density at radius 1 is 1.44 bits per heavy atom. The number of allylic oxidation sites excluding steroid dienone is 1. The van der Waals surface area contributed by atoms with E-state index in [0.717, 1.165) is 18.2 Å². The molecule has 1 aromatic carbocycles. The Bertz CT molecular complexity index is 402. The largest absolute Gasteiger partial charge is 0.352 e. The summed E-state index contributed by atoms with van der Waals surface area (Å²) in [5.74, 6) is -1.94. The molecule has 0 saturated carbocycles. The molecule has 1 rings (SSSR count). The number of amides is 1. The van der Waals surface area contributed by atoms with Crippen LogP contribution in [0.4, 0.5) is 8.78 Å². The lowest BCUT2D eigenvalue weighted by Crippen LogP contribution is -2.25. The summed E-state index contributed by atoms with van der Waals surface area (Å²) in [7, 11) is 0. The number of carbonyl (C=O) groups excluding carboxylic acids is 1. The minimum Gasteiger partial charge on any atom is -0.352 e. The number of rotatable bonds is 4. The smallest absolute Gasteiger partial charge is 0.254 e. The lowest BCUT2D eigenvalue weighted by molar-refractivity contribution is 0.0950. The van der Waals surface area contributed by atoms with E-state index in [0.29, 0.717) is 13.0 Å². The summed E-state index contributed by atoms with van der Waals surface area (Å²) in [5.41, 5.74) is -0.263. The molecule has 86 valence electrons. The molecular formula is C12H13F2NO. The maximum absolute atomic E-state index is 13.2. The molecule has 1 aromatic rings. The number of benzene rings is 1. The molecule has 0 fully saturated rings. The van der Waals surface area contributed by atoms with Gasteiger partial charge in [0.1, 0.15) is 11.6 Å². The summed E-state index contributed by atoms with van der Waals surface area (Å²) in [6.07, 6.45) is 4.40. The summed E-state index contributed by atoms with van der Waals surface area (Å²) in [4.78, 5) is 11.4. The Labute approximate surface area is 93.0 Å². The number of nitrogens with one attached hydrogen (secondary N) is 1. The van der Waals surface area contributed by atoms with Crippen molar-refractivity contribution in [3.8, 4) is 0 Å². The van der Waals surface area contributed by atoms with Crippen molar-refractivity contribution in [2.24, 2.45) is 0 Å². The average molecular weight is 225 g/mol. The molecule has 0 heterocycles. The van der Waals surface area contributed by atoms with Crippen LogP contribution in [0, 0.1) is 11.6 Å². The third-order valence-corrected chi connectivity index (χ3v) is 2.01. The molecule has 1 amide bonds. The van der Waals surface area contributed by atoms with Crippen LogP contribution in [0.2, 0.25) is 0 Å². The van der Waals surface area contributed by atoms with Gasteiger partial charge < -0.3 is 5.32 Å². The van der Waals surface area contributed by atoms with Gasteiger partial charge in [-0.2, -0.15) is 0 Å². The van der Waals surface area contributed by atoms with Crippen molar-refractivity contribution < 1.29 is 13.6 Å². The Kier molecular flexibility index (Phi) is 4.64. The summed E-state index contributed by atoms with van der Waals surface area (Å²) in [6.45, 7) is 2.27. The van der Waals surface area contributed by atoms with Crippen LogP contribution in [0.1, 0.15) is 23.7 Å². The Hall–Kier alpha value is -1.71. The van der Waals surface area contributed by atoms with Gasteiger partial charge in [-0.3, -0.25) is 4.79 Å². The van der Waals surface area contributed by atoms with Gasteiger partial charge in [0.15, 0.2) is 0 Å². The van der Waals surface area contributed by atoms with E-state index in [1.165, 1.54) is 0 Å². The van der Waals surface area contributed by atoms with Gasteiger partial charge in [0.05, 0.1) is 5.56 Å². The minimum atomic E-state index is -0.718. The van der Waals surface area contributed by atoms with Gasteiger partial charge in [-0.15, -0.1) is 0 Å². The van der Waals surface area contributed by atoms with Crippen molar-refractivity contribution in [3.05, 3.63) is 47.5 Å². The number of hydrogen-bond acceptors (Lipinski definition) is 1. The first-order valence-electron chi connectivity index (χ1n) is 4.99. The van der Waals surface area contributed by atoms with Crippen LogP contribution >= 0.6 is 0 Å². The Morgan fingerprint density at radius 2 is 2.19 bits per heavy atom. The van der Waals surface area contributed by atoms with Crippen LogP contribution in [-0.2, 0) is 0 Å². The zero-order valence-corrected chi connectivity index (χ0v) is 8.97. The van der Waals surface area contributed by atoms with Crippen LogP contribution < -0.4 is 5.32 Å². The van der Waals surface area contributed by atoms with Gasteiger partial charge in [0.25, 0.3) is 5.91 Å². The lowest BCUT2D eigenvalue weighted by Gasteiger charge is -2.04. The fourth-order valence-electron chi connectivity index (χ4n) is 1.20. The van der Waals surface area contributed by atoms with Gasteiger partial charge in [-0.05, 0) is 31.5 Å². The van der Waals surface area contributed by atoms with Crippen molar-refractivity contribution in [1.82, 2.24) is 5.32 Å². The molecule has 0 aliphatic heterocycles. The van der Waals surface area contributed by atoms with Crippen molar-refractivity contribution in [3.63, 3.8) is 0 Å². The van der Waals surface area contributed by atoms with Crippen LogP contribution in [0.5, 0.6) is 0 Å². The summed E-state index contributed by atoms with van der Waals surface area (Å²) in [5, 5.41) is 2.50. The number of carbonyl (C=O) groups is 1. The molecule has 4 heteroatoms. The van der Waals surface area contributed by atoms with E-state index in [4.69, 9.17) is 0 Å². The van der Waals surface area contributed by atoms with E-state index in [1.54, 1.807) is 0 Å². The second-order valence-corrected chi connectivity index (χ2v) is 3.24. The topological polar surface area (TPSA) is 29.1 Å². The van der Waals surface area contributed by atoms with Crippen LogP contribution in [-0.4, -0.2) is 12.5 Å². The first-order valence-corrected chi connectivity index (χ1v) is 4.99. The van der Waals surface area contributed by atoms with Gasteiger partial charge in [0, 0.05) is 6.54 Å². The SMILES string of the molecule is C/C=C/CCNC(=O)c1cc(F)ccc1F. The van der Waals surface area contributed by atoms with Gasteiger partial charge in [-0.1, -0.05) is 12.2 Å². The van der Waals surface area contributed by atoms with Crippen molar-refractivity contribution >= 4 is 5.91 Å². The van der Waals surface area contributed by atoms with E-state index in [-0.39, 0.29) is 5.56 Å². The van der Waals surface area contributed by atoms with Crippen molar-refractivity contribution in [2.75, 3.05) is 6.54 Å². The summed E-state index contributed by atoms with van der Waals surface area (Å²) >= 11 is 0. The predicted molar refractivity (Wildman–Crippen MR) is 58.1 cm³/mol. The highest BCUT2D eigenvalue weighted by Crippen LogP contribution is 2.09. The molecule has 0 aliphatic rings. The maximum atomic E-state index is 13.2. The molecule has 16 heavy (non-hydrogen) atoms. The molecule has 0 spiro atoms. The second kappa shape index (κ2) is 6.00. The molecule has 0 unspecified atom stereocenters. The summed E-state index contributed by atoms with van der Waals surface area (Å²) < 4.78 is 25.9. The third-order valence-electron chi connectivity index (χ3n) is 2.01. The van der Waals surface area contributed by atoms with Crippen LogP contribution in [0.3, 0.4) is 0 Å². The number of hydrogen-bond donors (Lipinski definition) is 1. The highest BCUT2D eigenvalue weighted by molar-refractivity contribution is 5.94. The molecule has 0 bridgehead atoms. The highest BCUT2D eigenvalue weighted by Gasteiger charge is 2.11. The molecule has 2 nitrogen and oxygen atoms in total. The van der Waals surface area contributed by atoms with Crippen LogP contribution in [0.15, 0.2) is 30.4 Å². The highest BCUT2D eigenvalue weighted by atomic mass is 19.1. The fraction of sp³-hybridized carbons (Fsp3) is 0.250. The minimum absolute atomic E-state index is 0.263. The van der Waals surface area contributed by atoms with E-state index in [1.807, 2.05) is 19.1 Å². The van der Waals surface area contributed by atoms with Crippen molar-refractivity contribution in [1.29, 1.82) is 0 Å². The Morgan fingerprint density at radius 3 is 2.88 bits per heavy atom. The third kappa shape index (κ3) is 3.46. The maximum Gasteiger partial charge on any atom is 0.254 e. The summed E-state index contributed by atoms with van der Waals surface area (Å²) in [6, 6.07) is 2.81. The number of halogens is 2. The van der Waals surface area contributed by atoms with E-state index >= 15 is 0 Å². The second-order valence-electron chi connectivity index (χ2n) is 3.24. The molecule has 0 saturated heterocycles. The first kappa shape index (κ1) is 12.4. The van der Waals surface area contributed by atoms with Crippen molar-refractivity contribution in [2.45, 2.75) is 13.3 Å². The normalized spacial score (nSPS) is 10.7. The van der Waals surface area contributed by atoms with E-state index in [2.05, 4.69) is 5.32 Å². The molecule has 0 radical (unpaired) electrons. The lowest BCUT2D eigenvalue weighted by atomic mass is 10.2. The standard InChI is InChI=1S/C12H13F2NO/c1-2-3-4-7-15-12(16)10-8-9(13)5-6-11(10)14/h2-3,5-6,8H,4,7H2,1H3,(H,15,16)/b3-2+. The molecular weight excluding hydrogens is 212 g/mol. The quantitative estimate of drug-likeness (QED) is 0.619. The monoisotopic (exact) mass is 225 g/mol. The molecule has 0 aliphatic carbocycles. The molecule has 0 atom stereocenters. The van der Waals surface area contributed by atoms with E-state index in [9.17, 15) is 13.6 Å². The Balaban J connectivity index is 2.62. The zero-order chi connectivity index (χ0) is 12.0. The van der Waals surface area contributed by atoms with Gasteiger partial charge in [-0.25, -0.2) is 8.78 Å². The molecule has 1 N–H and O–H groups in total. The zero-order valence-electron chi connectivity index (χ0n) is 8.97. The van der Waals surface area contributed by atoms with E-state index < -0.39 is 17.5 Å². The average Bonchev–Trinajstić information content (AvgIpc) is 2.27.